The summed E-state index contributed by atoms with van der Waals surface area (Å²) in [4.78, 5) is 32.0. The first-order valence-electron chi connectivity index (χ1n) is 9.45. The molecule has 0 aliphatic carbocycles. The molecule has 0 saturated carbocycles. The van der Waals surface area contributed by atoms with Crippen molar-refractivity contribution in [1.29, 1.82) is 0 Å². The molecule has 0 atom stereocenters. The summed E-state index contributed by atoms with van der Waals surface area (Å²) in [5.41, 5.74) is 2.07. The maximum atomic E-state index is 12.8. The summed E-state index contributed by atoms with van der Waals surface area (Å²) in [7, 11) is 0. The summed E-state index contributed by atoms with van der Waals surface area (Å²) >= 11 is 0. The molecule has 8 nitrogen and oxygen atoms in total. The highest BCUT2D eigenvalue weighted by Crippen LogP contribution is 2.41. The number of aromatic amines is 1. The van der Waals surface area contributed by atoms with Gasteiger partial charge in [0, 0.05) is 23.1 Å². The van der Waals surface area contributed by atoms with Gasteiger partial charge in [0.05, 0.1) is 36.2 Å². The number of hydrogen-bond acceptors (Lipinski definition) is 5. The molecule has 0 spiro atoms. The van der Waals surface area contributed by atoms with Crippen LogP contribution in [0.3, 0.4) is 0 Å². The topological polar surface area (TPSA) is 108 Å². The van der Waals surface area contributed by atoms with Crippen LogP contribution in [0.2, 0.25) is 0 Å². The Kier molecular flexibility index (Phi) is 5.47. The lowest BCUT2D eigenvalue weighted by Crippen LogP contribution is -2.38. The Bertz CT molecular complexity index is 1160. The lowest BCUT2D eigenvalue weighted by molar-refractivity contribution is -0.153. The predicted molar refractivity (Wildman–Crippen MR) is 108 cm³/mol. The fourth-order valence-corrected chi connectivity index (χ4v) is 3.47. The molecule has 0 bridgehead atoms. The van der Waals surface area contributed by atoms with Crippen molar-refractivity contribution in [2.75, 3.05) is 18.5 Å². The number of para-hydroxylation sites is 1. The van der Waals surface area contributed by atoms with Crippen LogP contribution in [0.1, 0.15) is 16.1 Å². The number of ether oxygens (including phenoxy) is 1. The second-order valence-corrected chi connectivity index (χ2v) is 7.06. The van der Waals surface area contributed by atoms with E-state index in [1.54, 1.807) is 30.3 Å². The third-order valence-corrected chi connectivity index (χ3v) is 4.80. The van der Waals surface area contributed by atoms with Gasteiger partial charge in [0.25, 0.3) is 0 Å². The molecular weight excluding hydrogens is 429 g/mol. The van der Waals surface area contributed by atoms with E-state index in [1.807, 2.05) is 0 Å². The minimum absolute atomic E-state index is 0.0797. The number of nitrogens with zero attached hydrogens (tertiary/aromatic N) is 2. The van der Waals surface area contributed by atoms with Gasteiger partial charge in [-0.05, 0) is 18.2 Å². The lowest BCUT2D eigenvalue weighted by Gasteiger charge is -2.23. The Morgan fingerprint density at radius 3 is 2.66 bits per heavy atom. The number of H-pyrrole nitrogens is 1. The number of amides is 1. The molecule has 4 rings (SSSR count). The van der Waals surface area contributed by atoms with Crippen molar-refractivity contribution in [3.05, 3.63) is 60.0 Å². The molecule has 1 amide bonds. The van der Waals surface area contributed by atoms with Gasteiger partial charge in [-0.1, -0.05) is 18.2 Å². The summed E-state index contributed by atoms with van der Waals surface area (Å²) in [6.07, 6.45) is -3.27. The standard InChI is InChI=1S/C21H17F3N4O4/c22-21(23,24)11-32-16-8-25-7-6-13(16)18-19(26-12-4-2-1-3-5-12)17-14(27-18)9-28(20(30)31)10-15(17)29/h1-8,26-27H,9-11H2,(H,30,31). The zero-order chi connectivity index (χ0) is 22.9. The number of fused-ring (bicyclic) bond motifs is 1. The van der Waals surface area contributed by atoms with Crippen LogP contribution in [0, 0.1) is 0 Å². The van der Waals surface area contributed by atoms with E-state index in [2.05, 4.69) is 15.3 Å². The first-order chi connectivity index (χ1) is 15.2. The second-order valence-electron chi connectivity index (χ2n) is 7.06. The number of halogens is 3. The van der Waals surface area contributed by atoms with Crippen molar-refractivity contribution in [1.82, 2.24) is 14.9 Å². The molecule has 0 radical (unpaired) electrons. The smallest absolute Gasteiger partial charge is 0.422 e. The molecule has 0 unspecified atom stereocenters. The molecular formula is C21H17F3N4O4. The number of anilines is 2. The molecule has 0 fully saturated rings. The Morgan fingerprint density at radius 1 is 1.22 bits per heavy atom. The zero-order valence-corrected chi connectivity index (χ0v) is 16.4. The van der Waals surface area contributed by atoms with Gasteiger partial charge in [0.15, 0.2) is 12.4 Å². The number of Topliss-reactive ketones (excluding diaryl/α,β-unsaturated/α-hetero) is 1. The maximum Gasteiger partial charge on any atom is 0.422 e. The number of pyridine rings is 1. The van der Waals surface area contributed by atoms with Gasteiger partial charge >= 0.3 is 12.3 Å². The number of benzene rings is 1. The highest BCUT2D eigenvalue weighted by molar-refractivity contribution is 6.09. The minimum atomic E-state index is -4.55. The minimum Gasteiger partial charge on any atom is -0.482 e. The van der Waals surface area contributed by atoms with Crippen LogP contribution >= 0.6 is 0 Å². The van der Waals surface area contributed by atoms with Crippen LogP contribution in [0.25, 0.3) is 11.3 Å². The largest absolute Gasteiger partial charge is 0.482 e. The molecule has 32 heavy (non-hydrogen) atoms. The van der Waals surface area contributed by atoms with Crippen LogP contribution in [0.5, 0.6) is 5.75 Å². The van der Waals surface area contributed by atoms with Gasteiger partial charge in [0.1, 0.15) is 5.75 Å². The van der Waals surface area contributed by atoms with Gasteiger partial charge in [0.2, 0.25) is 0 Å². The number of nitrogens with one attached hydrogen (secondary N) is 2. The highest BCUT2D eigenvalue weighted by atomic mass is 19.4. The molecule has 1 aliphatic rings. The summed E-state index contributed by atoms with van der Waals surface area (Å²) in [6, 6.07) is 10.3. The first-order valence-corrected chi connectivity index (χ1v) is 9.45. The predicted octanol–water partition coefficient (Wildman–Crippen LogP) is 4.44. The average molecular weight is 446 g/mol. The van der Waals surface area contributed by atoms with Crippen LogP contribution in [0.15, 0.2) is 48.8 Å². The number of hydrogen-bond donors (Lipinski definition) is 3. The Balaban J connectivity index is 1.83. The molecule has 1 aromatic carbocycles. The third-order valence-electron chi connectivity index (χ3n) is 4.80. The number of carbonyl (C=O) groups is 2. The number of rotatable bonds is 5. The summed E-state index contributed by atoms with van der Waals surface area (Å²) in [5.74, 6) is -0.580. The van der Waals surface area contributed by atoms with Crippen molar-refractivity contribution in [3.63, 3.8) is 0 Å². The quantitative estimate of drug-likeness (QED) is 0.535. The van der Waals surface area contributed by atoms with Gasteiger partial charge in [-0.15, -0.1) is 0 Å². The second kappa shape index (κ2) is 8.25. The Labute approximate surface area is 179 Å². The van der Waals surface area contributed by atoms with E-state index in [1.165, 1.54) is 12.3 Å². The Hall–Kier alpha value is -4.02. The van der Waals surface area contributed by atoms with Crippen molar-refractivity contribution in [2.24, 2.45) is 0 Å². The summed E-state index contributed by atoms with van der Waals surface area (Å²) in [6.45, 7) is -1.93. The van der Waals surface area contributed by atoms with Gasteiger partial charge < -0.3 is 20.1 Å². The van der Waals surface area contributed by atoms with Crippen molar-refractivity contribution < 1.29 is 32.6 Å². The fourth-order valence-electron chi connectivity index (χ4n) is 3.47. The van der Waals surface area contributed by atoms with Crippen molar-refractivity contribution in [3.8, 4) is 17.0 Å². The average Bonchev–Trinajstić information content (AvgIpc) is 3.11. The van der Waals surface area contributed by atoms with Crippen LogP contribution < -0.4 is 10.1 Å². The van der Waals surface area contributed by atoms with Crippen LogP contribution in [-0.2, 0) is 6.54 Å². The molecule has 0 saturated heterocycles. The number of aromatic nitrogens is 2. The van der Waals surface area contributed by atoms with E-state index in [0.29, 0.717) is 22.8 Å². The number of ketones is 1. The van der Waals surface area contributed by atoms with E-state index in [0.717, 1.165) is 11.1 Å². The van der Waals surface area contributed by atoms with E-state index in [9.17, 15) is 27.9 Å². The number of carbonyl (C=O) groups excluding carboxylic acids is 1. The molecule has 11 heteroatoms. The van der Waals surface area contributed by atoms with Crippen molar-refractivity contribution >= 4 is 23.3 Å². The molecule has 1 aliphatic heterocycles. The summed E-state index contributed by atoms with van der Waals surface area (Å²) in [5, 5.41) is 12.4. The Morgan fingerprint density at radius 2 is 1.97 bits per heavy atom. The highest BCUT2D eigenvalue weighted by Gasteiger charge is 2.34. The zero-order valence-electron chi connectivity index (χ0n) is 16.4. The normalized spacial score (nSPS) is 13.6. The van der Waals surface area contributed by atoms with E-state index in [4.69, 9.17) is 4.74 Å². The van der Waals surface area contributed by atoms with Crippen molar-refractivity contribution in [2.45, 2.75) is 12.7 Å². The monoisotopic (exact) mass is 446 g/mol. The molecule has 2 aromatic heterocycles. The SMILES string of the molecule is O=C1CN(C(=O)O)Cc2[nH]c(-c3ccncc3OCC(F)(F)F)c(Nc3ccccc3)c21. The maximum absolute atomic E-state index is 12.8. The van der Waals surface area contributed by atoms with E-state index in [-0.39, 0.29) is 30.0 Å². The number of carboxylic acid groups (broad SMARTS) is 1. The fraction of sp³-hybridized carbons (Fsp3) is 0.190. The number of alkyl halides is 3. The van der Waals surface area contributed by atoms with Crippen LogP contribution in [0.4, 0.5) is 29.3 Å². The van der Waals surface area contributed by atoms with E-state index < -0.39 is 24.7 Å². The van der Waals surface area contributed by atoms with Gasteiger partial charge in [-0.25, -0.2) is 4.79 Å². The molecule has 3 heterocycles. The molecule has 3 N–H and O–H groups in total. The first kappa shape index (κ1) is 21.2. The lowest BCUT2D eigenvalue weighted by atomic mass is 10.0. The summed E-state index contributed by atoms with van der Waals surface area (Å²) < 4.78 is 43.1. The van der Waals surface area contributed by atoms with E-state index >= 15 is 0 Å². The van der Waals surface area contributed by atoms with Gasteiger partial charge in [-0.3, -0.25) is 14.7 Å². The molecule has 3 aromatic rings. The van der Waals surface area contributed by atoms with Gasteiger partial charge in [-0.2, -0.15) is 13.2 Å². The third kappa shape index (κ3) is 4.36. The molecule has 166 valence electrons. The van der Waals surface area contributed by atoms with Crippen LogP contribution in [-0.4, -0.2) is 51.2 Å².